The van der Waals surface area contributed by atoms with E-state index in [1.54, 1.807) is 24.3 Å². The zero-order valence-electron chi connectivity index (χ0n) is 14.3. The first kappa shape index (κ1) is 18.9. The molecule has 0 unspecified atom stereocenters. The van der Waals surface area contributed by atoms with Crippen LogP contribution < -0.4 is 10.6 Å². The summed E-state index contributed by atoms with van der Waals surface area (Å²) in [5, 5.41) is 14.0. The van der Waals surface area contributed by atoms with Crippen LogP contribution in [0.1, 0.15) is 21.5 Å². The number of halogens is 3. The average molecular weight is 382 g/mol. The van der Waals surface area contributed by atoms with Crippen LogP contribution in [0.2, 0.25) is 0 Å². The summed E-state index contributed by atoms with van der Waals surface area (Å²) in [6.45, 7) is 0. The number of pyridine rings is 1. The van der Waals surface area contributed by atoms with Crippen LogP contribution in [0.5, 0.6) is 0 Å². The molecule has 2 aromatic carbocycles. The van der Waals surface area contributed by atoms with E-state index in [9.17, 15) is 18.0 Å². The Hall–Kier alpha value is -3.86. The molecule has 0 fully saturated rings. The van der Waals surface area contributed by atoms with Gasteiger partial charge in [0.25, 0.3) is 5.91 Å². The Kier molecular flexibility index (Phi) is 5.27. The summed E-state index contributed by atoms with van der Waals surface area (Å²) in [7, 11) is 0. The summed E-state index contributed by atoms with van der Waals surface area (Å²) in [5.74, 6) is -0.258. The van der Waals surface area contributed by atoms with E-state index in [2.05, 4.69) is 15.6 Å². The minimum atomic E-state index is -4.50. The van der Waals surface area contributed by atoms with Gasteiger partial charge in [-0.15, -0.1) is 0 Å². The minimum absolute atomic E-state index is 0.128. The summed E-state index contributed by atoms with van der Waals surface area (Å²) >= 11 is 0. The summed E-state index contributed by atoms with van der Waals surface area (Å²) in [4.78, 5) is 16.2. The lowest BCUT2D eigenvalue weighted by Gasteiger charge is -2.14. The first-order valence-electron chi connectivity index (χ1n) is 8.07. The van der Waals surface area contributed by atoms with Gasteiger partial charge >= 0.3 is 6.18 Å². The minimum Gasteiger partial charge on any atom is -0.340 e. The average Bonchev–Trinajstić information content (AvgIpc) is 2.69. The van der Waals surface area contributed by atoms with Crippen molar-refractivity contribution in [3.63, 3.8) is 0 Å². The highest BCUT2D eigenvalue weighted by Crippen LogP contribution is 2.35. The first-order valence-corrected chi connectivity index (χ1v) is 8.07. The molecule has 28 heavy (non-hydrogen) atoms. The van der Waals surface area contributed by atoms with Gasteiger partial charge in [-0.3, -0.25) is 4.79 Å². The Labute approximate surface area is 158 Å². The number of nitrogens with one attached hydrogen (secondary N) is 2. The van der Waals surface area contributed by atoms with E-state index in [1.165, 1.54) is 36.5 Å². The number of aromatic nitrogens is 1. The van der Waals surface area contributed by atoms with Crippen LogP contribution in [0.3, 0.4) is 0 Å². The van der Waals surface area contributed by atoms with E-state index in [4.69, 9.17) is 5.26 Å². The van der Waals surface area contributed by atoms with Gasteiger partial charge in [0.15, 0.2) is 0 Å². The molecule has 0 saturated heterocycles. The fourth-order valence-corrected chi connectivity index (χ4v) is 2.41. The second-order valence-corrected chi connectivity index (χ2v) is 5.74. The molecule has 0 radical (unpaired) electrons. The van der Waals surface area contributed by atoms with Crippen LogP contribution in [0, 0.1) is 11.3 Å². The van der Waals surface area contributed by atoms with Gasteiger partial charge < -0.3 is 10.6 Å². The van der Waals surface area contributed by atoms with Crippen molar-refractivity contribution in [2.45, 2.75) is 6.18 Å². The molecule has 5 nitrogen and oxygen atoms in total. The molecular weight excluding hydrogens is 369 g/mol. The molecule has 0 aliphatic heterocycles. The molecule has 0 bridgehead atoms. The number of carbonyl (C=O) groups excluding carboxylic acids is 1. The molecule has 1 heterocycles. The summed E-state index contributed by atoms with van der Waals surface area (Å²) in [6.07, 6.45) is -3.23. The molecule has 8 heteroatoms. The van der Waals surface area contributed by atoms with Crippen molar-refractivity contribution in [3.05, 3.63) is 83.6 Å². The highest BCUT2D eigenvalue weighted by Gasteiger charge is 2.33. The maximum absolute atomic E-state index is 13.0. The number of hydrogen-bond acceptors (Lipinski definition) is 4. The highest BCUT2D eigenvalue weighted by molar-refractivity contribution is 6.04. The van der Waals surface area contributed by atoms with E-state index in [1.807, 2.05) is 6.07 Å². The molecule has 3 aromatic rings. The lowest BCUT2D eigenvalue weighted by molar-refractivity contribution is -0.136. The summed E-state index contributed by atoms with van der Waals surface area (Å²) < 4.78 is 39.1. The predicted molar refractivity (Wildman–Crippen MR) is 98.1 cm³/mol. The normalized spacial score (nSPS) is 10.8. The van der Waals surface area contributed by atoms with E-state index < -0.39 is 17.6 Å². The molecule has 0 aliphatic carbocycles. The van der Waals surface area contributed by atoms with Crippen LogP contribution in [-0.2, 0) is 6.18 Å². The van der Waals surface area contributed by atoms with Crippen molar-refractivity contribution in [3.8, 4) is 6.07 Å². The number of anilines is 3. The van der Waals surface area contributed by atoms with Crippen LogP contribution in [-0.4, -0.2) is 10.9 Å². The number of nitrogens with zero attached hydrogens (tertiary/aromatic N) is 2. The van der Waals surface area contributed by atoms with Gasteiger partial charge in [-0.05, 0) is 48.5 Å². The second kappa shape index (κ2) is 7.80. The maximum Gasteiger partial charge on any atom is 0.418 e. The Balaban J connectivity index is 1.71. The van der Waals surface area contributed by atoms with Crippen LogP contribution in [0.15, 0.2) is 66.9 Å². The van der Waals surface area contributed by atoms with Gasteiger partial charge in [0.1, 0.15) is 5.82 Å². The zero-order valence-corrected chi connectivity index (χ0v) is 14.3. The lowest BCUT2D eigenvalue weighted by atomic mass is 10.1. The Morgan fingerprint density at radius 3 is 2.32 bits per heavy atom. The van der Waals surface area contributed by atoms with Crippen molar-refractivity contribution in [1.29, 1.82) is 5.26 Å². The van der Waals surface area contributed by atoms with Crippen molar-refractivity contribution >= 4 is 23.1 Å². The SMILES string of the molecule is N#Cc1ccc(NC(=O)c2ccc(Nc3ccccc3C(F)(F)F)nc2)cc1. The molecule has 2 N–H and O–H groups in total. The number of benzene rings is 2. The number of carbonyl (C=O) groups is 1. The number of rotatable bonds is 4. The molecule has 1 aromatic heterocycles. The van der Waals surface area contributed by atoms with Crippen molar-refractivity contribution in [1.82, 2.24) is 4.98 Å². The van der Waals surface area contributed by atoms with E-state index >= 15 is 0 Å². The van der Waals surface area contributed by atoms with E-state index in [-0.39, 0.29) is 17.1 Å². The fraction of sp³-hybridized carbons (Fsp3) is 0.0500. The van der Waals surface area contributed by atoms with Crippen LogP contribution in [0.25, 0.3) is 0 Å². The number of hydrogen-bond donors (Lipinski definition) is 2. The number of para-hydroxylation sites is 1. The third-order valence-corrected chi connectivity index (χ3v) is 3.79. The van der Waals surface area contributed by atoms with Crippen LogP contribution >= 0.6 is 0 Å². The number of nitriles is 1. The predicted octanol–water partition coefficient (Wildman–Crippen LogP) is 4.97. The molecular formula is C20H13F3N4O. The zero-order chi connectivity index (χ0) is 20.1. The quantitative estimate of drug-likeness (QED) is 0.668. The smallest absolute Gasteiger partial charge is 0.340 e. The second-order valence-electron chi connectivity index (χ2n) is 5.74. The monoisotopic (exact) mass is 382 g/mol. The van der Waals surface area contributed by atoms with Crippen molar-refractivity contribution in [2.24, 2.45) is 0 Å². The molecule has 0 aliphatic rings. The Morgan fingerprint density at radius 1 is 1.00 bits per heavy atom. The van der Waals surface area contributed by atoms with Crippen LogP contribution in [0.4, 0.5) is 30.4 Å². The summed E-state index contributed by atoms with van der Waals surface area (Å²) in [6, 6.07) is 16.2. The summed E-state index contributed by atoms with van der Waals surface area (Å²) in [5.41, 5.74) is 0.273. The van der Waals surface area contributed by atoms with E-state index in [0.717, 1.165) is 6.07 Å². The molecule has 0 atom stereocenters. The molecule has 0 spiro atoms. The van der Waals surface area contributed by atoms with Gasteiger partial charge in [-0.1, -0.05) is 12.1 Å². The Bertz CT molecular complexity index is 1020. The van der Waals surface area contributed by atoms with Gasteiger partial charge in [0.2, 0.25) is 0 Å². The van der Waals surface area contributed by atoms with Gasteiger partial charge in [0, 0.05) is 11.9 Å². The van der Waals surface area contributed by atoms with E-state index in [0.29, 0.717) is 11.3 Å². The topological polar surface area (TPSA) is 77.8 Å². The largest absolute Gasteiger partial charge is 0.418 e. The molecule has 1 amide bonds. The third kappa shape index (κ3) is 4.45. The Morgan fingerprint density at radius 2 is 1.71 bits per heavy atom. The lowest BCUT2D eigenvalue weighted by Crippen LogP contribution is -2.12. The molecule has 140 valence electrons. The first-order chi connectivity index (χ1) is 13.4. The molecule has 3 rings (SSSR count). The van der Waals surface area contributed by atoms with Crippen molar-refractivity contribution in [2.75, 3.05) is 10.6 Å². The maximum atomic E-state index is 13.0. The van der Waals surface area contributed by atoms with Gasteiger partial charge in [-0.2, -0.15) is 18.4 Å². The third-order valence-electron chi connectivity index (χ3n) is 3.79. The fourth-order valence-electron chi connectivity index (χ4n) is 2.41. The van der Waals surface area contributed by atoms with Gasteiger partial charge in [0.05, 0.1) is 28.4 Å². The highest BCUT2D eigenvalue weighted by atomic mass is 19.4. The standard InChI is InChI=1S/C20H13F3N4O/c21-20(22,23)16-3-1-2-4-17(16)27-18-10-7-14(12-25-18)19(28)26-15-8-5-13(11-24)6-9-15/h1-10,12H,(H,25,27)(H,26,28). The van der Waals surface area contributed by atoms with Gasteiger partial charge in [-0.25, -0.2) is 4.98 Å². The number of alkyl halides is 3. The van der Waals surface area contributed by atoms with Crippen molar-refractivity contribution < 1.29 is 18.0 Å². The number of amides is 1. The molecule has 0 saturated carbocycles.